The van der Waals surface area contributed by atoms with Crippen molar-refractivity contribution in [2.24, 2.45) is 5.73 Å². The molecule has 0 amide bonds. The molecule has 0 heterocycles. The molecule has 3 N–H and O–H groups in total. The second-order valence-corrected chi connectivity index (χ2v) is 19.1. The highest BCUT2D eigenvalue weighted by Crippen LogP contribution is 2.43. The van der Waals surface area contributed by atoms with E-state index in [0.29, 0.717) is 12.8 Å². The van der Waals surface area contributed by atoms with Crippen LogP contribution in [0.4, 0.5) is 0 Å². The number of rotatable bonds is 50. The number of phosphoric ester groups is 1. The van der Waals surface area contributed by atoms with Crippen LogP contribution in [0.15, 0.2) is 134 Å². The third-order valence-electron chi connectivity index (χ3n) is 11.0. The first-order valence-electron chi connectivity index (χ1n) is 27.7. The largest absolute Gasteiger partial charge is 0.472 e. The highest BCUT2D eigenvalue weighted by atomic mass is 31.2. The molecule has 0 saturated heterocycles. The number of hydrogen-bond acceptors (Lipinski definition) is 8. The van der Waals surface area contributed by atoms with E-state index in [4.69, 9.17) is 24.3 Å². The van der Waals surface area contributed by atoms with Crippen LogP contribution < -0.4 is 5.73 Å². The van der Waals surface area contributed by atoms with Gasteiger partial charge in [-0.15, -0.1) is 0 Å². The molecule has 2 atom stereocenters. The summed E-state index contributed by atoms with van der Waals surface area (Å²) in [6.07, 6.45) is 77.9. The van der Waals surface area contributed by atoms with Crippen molar-refractivity contribution in [1.82, 2.24) is 0 Å². The zero-order valence-electron chi connectivity index (χ0n) is 44.7. The number of allylic oxidation sites excluding steroid dienone is 22. The minimum absolute atomic E-state index is 0.0433. The zero-order valence-corrected chi connectivity index (χ0v) is 45.5. The third kappa shape index (κ3) is 55.3. The van der Waals surface area contributed by atoms with Gasteiger partial charge in [-0.05, 0) is 109 Å². The molecule has 0 bridgehead atoms. The molecular formula is C61H100NO8P. The summed E-state index contributed by atoms with van der Waals surface area (Å²) in [5.41, 5.74) is 5.37. The number of carbonyl (C=O) groups excluding carboxylic acids is 2. The van der Waals surface area contributed by atoms with Gasteiger partial charge in [0.05, 0.1) is 13.2 Å². The molecule has 2 unspecified atom stereocenters. The number of nitrogens with two attached hydrogens (primary N) is 1. The van der Waals surface area contributed by atoms with Crippen LogP contribution in [-0.2, 0) is 32.7 Å². The fourth-order valence-corrected chi connectivity index (χ4v) is 7.78. The molecule has 0 aromatic carbocycles. The summed E-state index contributed by atoms with van der Waals surface area (Å²) < 4.78 is 32.9. The van der Waals surface area contributed by atoms with Crippen molar-refractivity contribution in [3.8, 4) is 0 Å². The number of hydrogen-bond donors (Lipinski definition) is 2. The predicted octanol–water partition coefficient (Wildman–Crippen LogP) is 17.4. The van der Waals surface area contributed by atoms with Crippen molar-refractivity contribution in [1.29, 1.82) is 0 Å². The molecule has 0 aromatic heterocycles. The van der Waals surface area contributed by atoms with E-state index in [2.05, 4.69) is 148 Å². The first kappa shape index (κ1) is 67.1. The van der Waals surface area contributed by atoms with Crippen LogP contribution in [-0.4, -0.2) is 49.3 Å². The Labute approximate surface area is 434 Å². The molecule has 0 fully saturated rings. The molecule has 0 saturated carbocycles. The molecule has 0 aliphatic carbocycles. The molecule has 71 heavy (non-hydrogen) atoms. The predicted molar refractivity (Wildman–Crippen MR) is 302 cm³/mol. The Hall–Kier alpha value is -3.85. The maximum Gasteiger partial charge on any atom is 0.472 e. The van der Waals surface area contributed by atoms with Gasteiger partial charge in [0.1, 0.15) is 6.61 Å². The molecular weight excluding hydrogens is 906 g/mol. The van der Waals surface area contributed by atoms with E-state index >= 15 is 0 Å². The van der Waals surface area contributed by atoms with E-state index in [9.17, 15) is 19.0 Å². The number of ether oxygens (including phenoxy) is 2. The first-order valence-corrected chi connectivity index (χ1v) is 29.2. The topological polar surface area (TPSA) is 134 Å². The number of unbranched alkanes of at least 4 members (excludes halogenated alkanes) is 15. The van der Waals surface area contributed by atoms with Gasteiger partial charge in [-0.3, -0.25) is 18.6 Å². The second-order valence-electron chi connectivity index (χ2n) is 17.7. The monoisotopic (exact) mass is 1010 g/mol. The Balaban J connectivity index is 4.01. The van der Waals surface area contributed by atoms with Gasteiger partial charge < -0.3 is 20.1 Å². The summed E-state index contributed by atoms with van der Waals surface area (Å²) in [5, 5.41) is 0. The van der Waals surface area contributed by atoms with E-state index < -0.39 is 32.5 Å². The molecule has 9 nitrogen and oxygen atoms in total. The Bertz CT molecular complexity index is 1620. The van der Waals surface area contributed by atoms with E-state index in [1.165, 1.54) is 38.5 Å². The fraction of sp³-hybridized carbons (Fsp3) is 0.607. The van der Waals surface area contributed by atoms with Crippen molar-refractivity contribution in [2.75, 3.05) is 26.4 Å². The normalized spacial score (nSPS) is 14.1. The summed E-state index contributed by atoms with van der Waals surface area (Å²) in [6.45, 7) is 3.47. The van der Waals surface area contributed by atoms with Gasteiger partial charge in [-0.1, -0.05) is 218 Å². The summed E-state index contributed by atoms with van der Waals surface area (Å²) >= 11 is 0. The van der Waals surface area contributed by atoms with E-state index in [0.717, 1.165) is 128 Å². The lowest BCUT2D eigenvalue weighted by Crippen LogP contribution is -2.29. The lowest BCUT2D eigenvalue weighted by atomic mass is 10.0. The maximum absolute atomic E-state index is 12.7. The summed E-state index contributed by atoms with van der Waals surface area (Å²) in [6, 6.07) is 0. The van der Waals surface area contributed by atoms with E-state index in [1.54, 1.807) is 0 Å². The number of phosphoric acid groups is 1. The van der Waals surface area contributed by atoms with E-state index in [1.807, 2.05) is 0 Å². The average molecular weight is 1010 g/mol. The molecule has 0 radical (unpaired) electrons. The standard InChI is InChI=1S/C61H100NO8P/c1-3-5-7-9-11-13-15-17-19-20-21-22-23-24-25-26-27-28-29-30-31-32-33-34-35-36-37-38-40-42-44-46-48-50-52-54-61(64)70-59(58-69-71(65,66)68-56-55-62)57-67-60(63)53-51-49-47-45-43-41-39-18-16-14-12-10-8-6-4-2/h5-8,11-14,17-19,21-22,24-25,27-28,30-31,33-34,39,59H,3-4,9-10,15-16,20,23,26,29,32,35-38,40-58,62H2,1-2H3,(H,65,66)/b7-5-,8-6-,13-11-,14-12-,19-17-,22-21-,25-24-,28-27-,31-30-,34-33-,39-18-. The quantitative estimate of drug-likeness (QED) is 0.0264. The average Bonchev–Trinajstić information content (AvgIpc) is 3.36. The van der Waals surface area contributed by atoms with Crippen molar-refractivity contribution in [2.45, 2.75) is 213 Å². The summed E-state index contributed by atoms with van der Waals surface area (Å²) in [4.78, 5) is 35.1. The molecule has 0 aliphatic rings. The van der Waals surface area contributed by atoms with Gasteiger partial charge in [-0.2, -0.15) is 0 Å². The Morgan fingerprint density at radius 3 is 1.08 bits per heavy atom. The summed E-state index contributed by atoms with van der Waals surface area (Å²) in [7, 11) is -4.40. The van der Waals surface area contributed by atoms with Gasteiger partial charge >= 0.3 is 19.8 Å². The minimum Gasteiger partial charge on any atom is -0.462 e. The minimum atomic E-state index is -4.40. The molecule has 0 rings (SSSR count). The number of carbonyl (C=O) groups is 2. The maximum atomic E-state index is 12.7. The molecule has 0 spiro atoms. The van der Waals surface area contributed by atoms with Gasteiger partial charge in [-0.25, -0.2) is 4.57 Å². The lowest BCUT2D eigenvalue weighted by molar-refractivity contribution is -0.161. The van der Waals surface area contributed by atoms with Crippen molar-refractivity contribution >= 4 is 19.8 Å². The number of esters is 2. The molecule has 0 aromatic rings. The second kappa shape index (κ2) is 55.5. The van der Waals surface area contributed by atoms with Gasteiger partial charge in [0.15, 0.2) is 6.10 Å². The third-order valence-corrected chi connectivity index (χ3v) is 12.0. The molecule has 0 aliphatic heterocycles. The smallest absolute Gasteiger partial charge is 0.462 e. The van der Waals surface area contributed by atoms with Crippen LogP contribution in [0.2, 0.25) is 0 Å². The van der Waals surface area contributed by atoms with Crippen molar-refractivity contribution in [3.05, 3.63) is 134 Å². The Morgan fingerprint density at radius 1 is 0.423 bits per heavy atom. The van der Waals surface area contributed by atoms with Crippen LogP contribution in [0.3, 0.4) is 0 Å². The highest BCUT2D eigenvalue weighted by molar-refractivity contribution is 7.47. The van der Waals surface area contributed by atoms with Gasteiger partial charge in [0.25, 0.3) is 0 Å². The Morgan fingerprint density at radius 2 is 0.732 bits per heavy atom. The fourth-order valence-electron chi connectivity index (χ4n) is 7.02. The van der Waals surface area contributed by atoms with Crippen LogP contribution in [0.5, 0.6) is 0 Å². The van der Waals surface area contributed by atoms with E-state index in [-0.39, 0.29) is 32.6 Å². The Kier molecular flexibility index (Phi) is 52.5. The first-order chi connectivity index (χ1) is 34.8. The molecule has 10 heteroatoms. The van der Waals surface area contributed by atoms with Crippen LogP contribution >= 0.6 is 7.82 Å². The SMILES string of the molecule is CC/C=C\C/C=C\C/C=C\C/C=C\C/C=C\C/C=C\C/C=C\C/C=C\CCCCCCCCCCCCC(=O)OC(COC(=O)CCCCCCC/C=C\C/C=C\C/C=C\CC)COP(=O)(O)OCCN. The van der Waals surface area contributed by atoms with Crippen LogP contribution in [0.1, 0.15) is 206 Å². The zero-order chi connectivity index (χ0) is 51.7. The van der Waals surface area contributed by atoms with Gasteiger partial charge in [0.2, 0.25) is 0 Å². The summed E-state index contributed by atoms with van der Waals surface area (Å²) in [5.74, 6) is -0.862. The van der Waals surface area contributed by atoms with Crippen molar-refractivity contribution < 1.29 is 37.6 Å². The molecule has 402 valence electrons. The van der Waals surface area contributed by atoms with Crippen molar-refractivity contribution in [3.63, 3.8) is 0 Å². The lowest BCUT2D eigenvalue weighted by Gasteiger charge is -2.19. The van der Waals surface area contributed by atoms with Crippen LogP contribution in [0.25, 0.3) is 0 Å². The highest BCUT2D eigenvalue weighted by Gasteiger charge is 2.26. The van der Waals surface area contributed by atoms with Crippen LogP contribution in [0, 0.1) is 0 Å². The van der Waals surface area contributed by atoms with Gasteiger partial charge in [0, 0.05) is 19.4 Å².